The normalized spacial score (nSPS) is 12.4. The van der Waals surface area contributed by atoms with E-state index in [-0.39, 0.29) is 30.2 Å². The summed E-state index contributed by atoms with van der Waals surface area (Å²) in [5.41, 5.74) is 2.40. The van der Waals surface area contributed by atoms with E-state index in [1.54, 1.807) is 13.0 Å². The fourth-order valence-electron chi connectivity index (χ4n) is 3.46. The van der Waals surface area contributed by atoms with Gasteiger partial charge in [-0.25, -0.2) is 9.78 Å². The van der Waals surface area contributed by atoms with Crippen LogP contribution in [0, 0.1) is 12.8 Å². The van der Waals surface area contributed by atoms with Gasteiger partial charge in [-0.05, 0) is 36.6 Å². The first-order valence-electron chi connectivity index (χ1n) is 9.92. The summed E-state index contributed by atoms with van der Waals surface area (Å²) in [6, 6.07) is 12.0. The molecule has 31 heavy (non-hydrogen) atoms. The van der Waals surface area contributed by atoms with Gasteiger partial charge in [-0.1, -0.05) is 37.6 Å². The second-order valence-electron chi connectivity index (χ2n) is 7.74. The smallest absolute Gasteiger partial charge is 0.336 e. The Labute approximate surface area is 183 Å². The molecule has 2 aromatic carbocycles. The van der Waals surface area contributed by atoms with E-state index in [4.69, 9.17) is 20.8 Å². The van der Waals surface area contributed by atoms with Crippen molar-refractivity contribution in [2.75, 3.05) is 6.61 Å². The number of imidazole rings is 1. The van der Waals surface area contributed by atoms with Crippen LogP contribution in [-0.2, 0) is 4.79 Å². The number of aryl methyl sites for hydroxylation is 1. The number of halogens is 1. The molecule has 0 bridgehead atoms. The van der Waals surface area contributed by atoms with Crippen LogP contribution in [0.2, 0.25) is 5.02 Å². The van der Waals surface area contributed by atoms with E-state index in [1.807, 2.05) is 38.1 Å². The maximum atomic E-state index is 12.6. The highest BCUT2D eigenvalue weighted by Crippen LogP contribution is 2.31. The van der Waals surface area contributed by atoms with Crippen LogP contribution in [0.3, 0.4) is 0 Å². The number of rotatable bonds is 6. The van der Waals surface area contributed by atoms with E-state index < -0.39 is 5.63 Å². The Morgan fingerprint density at radius 1 is 1.26 bits per heavy atom. The van der Waals surface area contributed by atoms with Crippen molar-refractivity contribution in [3.8, 4) is 5.75 Å². The highest BCUT2D eigenvalue weighted by atomic mass is 35.5. The van der Waals surface area contributed by atoms with Crippen LogP contribution in [0.4, 0.5) is 0 Å². The monoisotopic (exact) mass is 439 g/mol. The Kier molecular flexibility index (Phi) is 5.69. The summed E-state index contributed by atoms with van der Waals surface area (Å²) in [7, 11) is 0. The number of aromatic nitrogens is 2. The van der Waals surface area contributed by atoms with Gasteiger partial charge < -0.3 is 19.5 Å². The minimum atomic E-state index is -0.457. The highest BCUT2D eigenvalue weighted by Gasteiger charge is 2.22. The molecule has 0 aliphatic heterocycles. The van der Waals surface area contributed by atoms with Crippen molar-refractivity contribution in [1.29, 1.82) is 0 Å². The third-order valence-corrected chi connectivity index (χ3v) is 5.34. The molecule has 0 spiro atoms. The van der Waals surface area contributed by atoms with Crippen LogP contribution >= 0.6 is 11.6 Å². The molecule has 0 aliphatic rings. The number of para-hydroxylation sites is 2. The number of aromatic amines is 1. The quantitative estimate of drug-likeness (QED) is 0.430. The molecule has 8 heteroatoms. The predicted molar refractivity (Wildman–Crippen MR) is 120 cm³/mol. The Morgan fingerprint density at radius 3 is 2.77 bits per heavy atom. The van der Waals surface area contributed by atoms with Gasteiger partial charge >= 0.3 is 5.63 Å². The number of hydrogen-bond donors (Lipinski definition) is 2. The van der Waals surface area contributed by atoms with Gasteiger partial charge in [0.1, 0.15) is 17.2 Å². The summed E-state index contributed by atoms with van der Waals surface area (Å²) >= 11 is 6.30. The number of carbonyl (C=O) groups is 1. The lowest BCUT2D eigenvalue weighted by molar-refractivity contribution is -0.124. The van der Waals surface area contributed by atoms with Crippen LogP contribution in [0.25, 0.3) is 22.0 Å². The molecule has 0 fully saturated rings. The lowest BCUT2D eigenvalue weighted by Crippen LogP contribution is -2.35. The molecule has 4 aromatic rings. The summed E-state index contributed by atoms with van der Waals surface area (Å²) < 4.78 is 10.8. The molecule has 160 valence electrons. The number of amides is 1. The molecule has 4 rings (SSSR count). The number of ether oxygens (including phenoxy) is 1. The summed E-state index contributed by atoms with van der Waals surface area (Å²) in [5.74, 6) is 0.737. The second-order valence-corrected chi connectivity index (χ2v) is 8.15. The number of carbonyl (C=O) groups excluding carboxylic acids is 1. The van der Waals surface area contributed by atoms with Gasteiger partial charge in [0.25, 0.3) is 5.91 Å². The van der Waals surface area contributed by atoms with E-state index in [1.165, 1.54) is 12.1 Å². The van der Waals surface area contributed by atoms with Crippen LogP contribution < -0.4 is 15.7 Å². The van der Waals surface area contributed by atoms with Crippen molar-refractivity contribution in [3.63, 3.8) is 0 Å². The lowest BCUT2D eigenvalue weighted by Gasteiger charge is -2.20. The maximum absolute atomic E-state index is 12.6. The van der Waals surface area contributed by atoms with Crippen molar-refractivity contribution in [1.82, 2.24) is 15.3 Å². The molecular formula is C23H22ClN3O4. The van der Waals surface area contributed by atoms with Crippen molar-refractivity contribution in [3.05, 3.63) is 69.3 Å². The number of benzene rings is 2. The fraction of sp³-hybridized carbons (Fsp3) is 0.261. The third kappa shape index (κ3) is 4.41. The Balaban J connectivity index is 1.50. The summed E-state index contributed by atoms with van der Waals surface area (Å²) in [6.45, 7) is 5.56. The van der Waals surface area contributed by atoms with Gasteiger partial charge in [-0.15, -0.1) is 0 Å². The zero-order valence-electron chi connectivity index (χ0n) is 17.4. The predicted octanol–water partition coefficient (Wildman–Crippen LogP) is 4.52. The molecule has 2 aromatic heterocycles. The number of nitrogens with zero attached hydrogens (tertiary/aromatic N) is 1. The first-order chi connectivity index (χ1) is 14.8. The molecular weight excluding hydrogens is 418 g/mol. The first kappa shape index (κ1) is 20.9. The van der Waals surface area contributed by atoms with Gasteiger partial charge in [0.05, 0.1) is 22.1 Å². The second kappa shape index (κ2) is 8.43. The Hall–Kier alpha value is -3.32. The van der Waals surface area contributed by atoms with Crippen LogP contribution in [0.15, 0.2) is 51.7 Å². The number of fused-ring (bicyclic) bond motifs is 2. The summed E-state index contributed by atoms with van der Waals surface area (Å²) in [5, 5.41) is 4.01. The average molecular weight is 440 g/mol. The summed E-state index contributed by atoms with van der Waals surface area (Å²) in [4.78, 5) is 32.1. The Morgan fingerprint density at radius 2 is 2.03 bits per heavy atom. The van der Waals surface area contributed by atoms with Crippen LogP contribution in [0.1, 0.15) is 31.3 Å². The summed E-state index contributed by atoms with van der Waals surface area (Å²) in [6.07, 6.45) is 0. The molecule has 0 radical (unpaired) electrons. The van der Waals surface area contributed by atoms with E-state index in [0.29, 0.717) is 21.8 Å². The van der Waals surface area contributed by atoms with Crippen molar-refractivity contribution in [2.24, 2.45) is 5.92 Å². The molecule has 0 saturated carbocycles. The van der Waals surface area contributed by atoms with Crippen molar-refractivity contribution >= 4 is 39.5 Å². The van der Waals surface area contributed by atoms with E-state index in [9.17, 15) is 9.59 Å². The zero-order chi connectivity index (χ0) is 22.1. The zero-order valence-corrected chi connectivity index (χ0v) is 18.1. The molecule has 7 nitrogen and oxygen atoms in total. The van der Waals surface area contributed by atoms with Gasteiger partial charge in [0.2, 0.25) is 0 Å². The molecule has 1 atom stereocenters. The minimum absolute atomic E-state index is 0.103. The molecule has 2 N–H and O–H groups in total. The SMILES string of the molecule is Cc1cc(=O)oc2cc(OCC(=O)NC(c3nc4ccccc4[nH]3)C(C)C)c(Cl)cc12. The highest BCUT2D eigenvalue weighted by molar-refractivity contribution is 6.32. The first-order valence-corrected chi connectivity index (χ1v) is 10.3. The van der Waals surface area contributed by atoms with E-state index >= 15 is 0 Å². The molecule has 1 unspecified atom stereocenters. The molecule has 0 aliphatic carbocycles. The molecule has 0 saturated heterocycles. The molecule has 2 heterocycles. The lowest BCUT2D eigenvalue weighted by atomic mass is 10.0. The van der Waals surface area contributed by atoms with Crippen LogP contribution in [0.5, 0.6) is 5.75 Å². The standard InChI is InChI=1S/C23H22ClN3O4/c1-12(2)22(23-25-16-6-4-5-7-17(16)26-23)27-20(28)11-30-19-10-18-14(9-15(19)24)13(3)8-21(29)31-18/h4-10,12,22H,11H2,1-3H3,(H,25,26)(H,27,28). The van der Waals surface area contributed by atoms with E-state index in [2.05, 4.69) is 15.3 Å². The van der Waals surface area contributed by atoms with Crippen molar-refractivity contribution < 1.29 is 13.9 Å². The maximum Gasteiger partial charge on any atom is 0.336 e. The van der Waals surface area contributed by atoms with Gasteiger partial charge in [-0.2, -0.15) is 0 Å². The Bertz CT molecular complexity index is 1290. The van der Waals surface area contributed by atoms with Crippen molar-refractivity contribution in [2.45, 2.75) is 26.8 Å². The topological polar surface area (TPSA) is 97.2 Å². The largest absolute Gasteiger partial charge is 0.482 e. The average Bonchev–Trinajstić information content (AvgIpc) is 3.14. The number of H-pyrrole nitrogens is 1. The fourth-order valence-corrected chi connectivity index (χ4v) is 3.68. The van der Waals surface area contributed by atoms with Gasteiger partial charge in [0.15, 0.2) is 6.61 Å². The number of nitrogens with one attached hydrogen (secondary N) is 2. The minimum Gasteiger partial charge on any atom is -0.482 e. The van der Waals surface area contributed by atoms with Crippen LogP contribution in [-0.4, -0.2) is 22.5 Å². The van der Waals surface area contributed by atoms with Gasteiger partial charge in [0, 0.05) is 17.5 Å². The molecule has 1 amide bonds. The number of hydrogen-bond acceptors (Lipinski definition) is 5. The van der Waals surface area contributed by atoms with E-state index in [0.717, 1.165) is 16.6 Å². The third-order valence-electron chi connectivity index (χ3n) is 5.05. The van der Waals surface area contributed by atoms with Gasteiger partial charge in [-0.3, -0.25) is 4.79 Å².